The van der Waals surface area contributed by atoms with E-state index in [0.717, 1.165) is 11.3 Å². The Labute approximate surface area is 143 Å². The minimum atomic E-state index is -0.591. The number of anilines is 1. The van der Waals surface area contributed by atoms with Crippen LogP contribution in [0.5, 0.6) is 5.75 Å². The van der Waals surface area contributed by atoms with Crippen LogP contribution < -0.4 is 9.64 Å². The molecule has 1 amide bonds. The highest BCUT2D eigenvalue weighted by Gasteiger charge is 2.22. The van der Waals surface area contributed by atoms with E-state index in [-0.39, 0.29) is 0 Å². The first kappa shape index (κ1) is 17.4. The molecule has 0 N–H and O–H groups in total. The van der Waals surface area contributed by atoms with Crippen molar-refractivity contribution in [2.45, 2.75) is 26.4 Å². The van der Waals surface area contributed by atoms with E-state index in [1.165, 1.54) is 4.90 Å². The third-order valence-electron chi connectivity index (χ3n) is 2.99. The largest absolute Gasteiger partial charge is 0.497 e. The number of carbonyl (C=O) groups excluding carboxylic acids is 1. The number of amides is 1. The van der Waals surface area contributed by atoms with Gasteiger partial charge in [-0.1, -0.05) is 18.2 Å². The molecule has 0 saturated carbocycles. The van der Waals surface area contributed by atoms with Gasteiger partial charge in [0.05, 0.1) is 12.8 Å². The monoisotopic (exact) mass is 323 g/mol. The molecule has 2 aromatic rings. The number of methoxy groups -OCH3 is 1. The van der Waals surface area contributed by atoms with E-state index < -0.39 is 11.7 Å². The number of carbonyl (C=O) groups is 1. The average Bonchev–Trinajstić information content (AvgIpc) is 2.55. The van der Waals surface area contributed by atoms with Crippen molar-refractivity contribution in [3.63, 3.8) is 0 Å². The van der Waals surface area contributed by atoms with Crippen molar-refractivity contribution in [2.24, 2.45) is 0 Å². The fraction of sp³-hybridized carbons (Fsp3) is 0.250. The summed E-state index contributed by atoms with van der Waals surface area (Å²) in [5, 5.41) is 0. The molecule has 24 heavy (non-hydrogen) atoms. The fourth-order valence-corrected chi connectivity index (χ4v) is 1.90. The van der Waals surface area contributed by atoms with Crippen LogP contribution in [-0.2, 0) is 4.74 Å². The molecule has 0 aliphatic heterocycles. The SMILES string of the molecule is COc1ccc(C#CN(C(=O)OC(C)(C)C)c2ccccc2)cc1. The second-order valence-electron chi connectivity index (χ2n) is 6.12. The zero-order chi connectivity index (χ0) is 17.6. The van der Waals surface area contributed by atoms with Gasteiger partial charge in [-0.3, -0.25) is 0 Å². The third-order valence-corrected chi connectivity index (χ3v) is 2.99. The minimum absolute atomic E-state index is 0.505. The van der Waals surface area contributed by atoms with E-state index in [4.69, 9.17) is 9.47 Å². The fourth-order valence-electron chi connectivity index (χ4n) is 1.90. The highest BCUT2D eigenvalue weighted by Crippen LogP contribution is 2.17. The zero-order valence-corrected chi connectivity index (χ0v) is 14.4. The Hall–Kier alpha value is -2.93. The summed E-state index contributed by atoms with van der Waals surface area (Å²) in [4.78, 5) is 13.8. The third kappa shape index (κ3) is 5.06. The van der Waals surface area contributed by atoms with Crippen LogP contribution in [0, 0.1) is 12.0 Å². The Kier molecular flexibility index (Phi) is 5.49. The molecule has 4 nitrogen and oxygen atoms in total. The molecule has 124 valence electrons. The average molecular weight is 323 g/mol. The lowest BCUT2D eigenvalue weighted by molar-refractivity contribution is 0.0600. The minimum Gasteiger partial charge on any atom is -0.497 e. The molecule has 2 aromatic carbocycles. The summed E-state index contributed by atoms with van der Waals surface area (Å²) in [5.74, 6) is 3.74. The summed E-state index contributed by atoms with van der Waals surface area (Å²) in [6.07, 6.45) is -0.505. The Morgan fingerprint density at radius 1 is 1.00 bits per heavy atom. The first-order chi connectivity index (χ1) is 11.4. The van der Waals surface area contributed by atoms with E-state index in [1.807, 2.05) is 75.4 Å². The van der Waals surface area contributed by atoms with Crippen molar-refractivity contribution < 1.29 is 14.3 Å². The molecule has 0 bridgehead atoms. The van der Waals surface area contributed by atoms with Gasteiger partial charge in [-0.2, -0.15) is 0 Å². The first-order valence-corrected chi connectivity index (χ1v) is 7.63. The lowest BCUT2D eigenvalue weighted by Crippen LogP contribution is -2.33. The van der Waals surface area contributed by atoms with Crippen molar-refractivity contribution in [3.8, 4) is 17.7 Å². The van der Waals surface area contributed by atoms with Gasteiger partial charge in [0.15, 0.2) is 0 Å². The molecule has 0 saturated heterocycles. The van der Waals surface area contributed by atoms with Crippen molar-refractivity contribution >= 4 is 11.8 Å². The topological polar surface area (TPSA) is 38.8 Å². The summed E-state index contributed by atoms with van der Waals surface area (Å²) >= 11 is 0. The van der Waals surface area contributed by atoms with Gasteiger partial charge >= 0.3 is 6.09 Å². The Morgan fingerprint density at radius 2 is 1.62 bits per heavy atom. The number of hydrogen-bond acceptors (Lipinski definition) is 3. The second kappa shape index (κ2) is 7.56. The van der Waals surface area contributed by atoms with Crippen LogP contribution in [0.25, 0.3) is 0 Å². The standard InChI is InChI=1S/C20H21NO3/c1-20(2,3)24-19(22)21(17-8-6-5-7-9-17)15-14-16-10-12-18(23-4)13-11-16/h5-13H,1-4H3. The highest BCUT2D eigenvalue weighted by atomic mass is 16.6. The van der Waals surface area contributed by atoms with Gasteiger partial charge < -0.3 is 9.47 Å². The van der Waals surface area contributed by atoms with E-state index in [9.17, 15) is 4.79 Å². The van der Waals surface area contributed by atoms with E-state index >= 15 is 0 Å². The van der Waals surface area contributed by atoms with Crippen LogP contribution in [0.1, 0.15) is 26.3 Å². The van der Waals surface area contributed by atoms with Crippen molar-refractivity contribution in [3.05, 3.63) is 60.2 Å². The first-order valence-electron chi connectivity index (χ1n) is 7.63. The van der Waals surface area contributed by atoms with Gasteiger partial charge in [-0.25, -0.2) is 9.69 Å². The molecule has 0 unspecified atom stereocenters. The lowest BCUT2D eigenvalue weighted by Gasteiger charge is -2.23. The number of hydrogen-bond donors (Lipinski definition) is 0. The van der Waals surface area contributed by atoms with Gasteiger partial charge in [0, 0.05) is 11.6 Å². The molecular weight excluding hydrogens is 302 g/mol. The van der Waals surface area contributed by atoms with Crippen molar-refractivity contribution in [1.82, 2.24) is 0 Å². The van der Waals surface area contributed by atoms with Crippen molar-refractivity contribution in [2.75, 3.05) is 12.0 Å². The predicted molar refractivity (Wildman–Crippen MR) is 95.0 cm³/mol. The van der Waals surface area contributed by atoms with E-state index in [1.54, 1.807) is 7.11 Å². The summed E-state index contributed by atoms with van der Waals surface area (Å²) < 4.78 is 10.6. The molecule has 0 fully saturated rings. The van der Waals surface area contributed by atoms with E-state index in [0.29, 0.717) is 5.69 Å². The summed E-state index contributed by atoms with van der Waals surface area (Å²) in [7, 11) is 1.61. The molecule has 0 atom stereocenters. The molecular formula is C20H21NO3. The quantitative estimate of drug-likeness (QED) is 0.605. The van der Waals surface area contributed by atoms with Gasteiger partial charge in [-0.15, -0.1) is 0 Å². The predicted octanol–water partition coefficient (Wildman–Crippen LogP) is 4.45. The number of nitrogens with zero attached hydrogens (tertiary/aromatic N) is 1. The van der Waals surface area contributed by atoms with Gasteiger partial charge in [0.1, 0.15) is 11.4 Å². The van der Waals surface area contributed by atoms with Crippen LogP contribution in [0.2, 0.25) is 0 Å². The molecule has 4 heteroatoms. The molecule has 0 heterocycles. The normalized spacial score (nSPS) is 10.3. The molecule has 0 aliphatic carbocycles. The zero-order valence-electron chi connectivity index (χ0n) is 14.4. The molecule has 0 radical (unpaired) electrons. The summed E-state index contributed by atoms with van der Waals surface area (Å²) in [6.45, 7) is 5.47. The highest BCUT2D eigenvalue weighted by molar-refractivity contribution is 5.91. The van der Waals surface area contributed by atoms with Crippen LogP contribution >= 0.6 is 0 Å². The van der Waals surface area contributed by atoms with Crippen LogP contribution in [0.4, 0.5) is 10.5 Å². The second-order valence-corrected chi connectivity index (χ2v) is 6.12. The molecule has 0 aromatic heterocycles. The van der Waals surface area contributed by atoms with Crippen LogP contribution in [0.15, 0.2) is 54.6 Å². The smallest absolute Gasteiger partial charge is 0.426 e. The molecule has 2 rings (SSSR count). The van der Waals surface area contributed by atoms with Crippen LogP contribution in [0.3, 0.4) is 0 Å². The lowest BCUT2D eigenvalue weighted by atomic mass is 10.2. The van der Waals surface area contributed by atoms with Gasteiger partial charge in [0.25, 0.3) is 0 Å². The van der Waals surface area contributed by atoms with E-state index in [2.05, 4.69) is 12.0 Å². The molecule has 0 aliphatic rings. The summed E-state index contributed by atoms with van der Waals surface area (Å²) in [5.41, 5.74) is 0.847. The number of ether oxygens (including phenoxy) is 2. The maximum Gasteiger partial charge on any atom is 0.426 e. The number of benzene rings is 2. The van der Waals surface area contributed by atoms with Gasteiger partial charge in [0.2, 0.25) is 0 Å². The van der Waals surface area contributed by atoms with Crippen molar-refractivity contribution in [1.29, 1.82) is 0 Å². The molecule has 0 spiro atoms. The van der Waals surface area contributed by atoms with Crippen LogP contribution in [-0.4, -0.2) is 18.8 Å². The Balaban J connectivity index is 2.29. The Bertz CT molecular complexity index is 734. The maximum atomic E-state index is 12.5. The number of rotatable bonds is 2. The Morgan fingerprint density at radius 3 is 2.17 bits per heavy atom. The number of para-hydroxylation sites is 1. The maximum absolute atomic E-state index is 12.5. The summed E-state index contributed by atoms with van der Waals surface area (Å²) in [6, 6.07) is 19.4. The van der Waals surface area contributed by atoms with Gasteiger partial charge in [-0.05, 0) is 63.1 Å².